The third-order valence-corrected chi connectivity index (χ3v) is 5.30. The van der Waals surface area contributed by atoms with Crippen molar-refractivity contribution in [3.8, 4) is 5.75 Å². The summed E-state index contributed by atoms with van der Waals surface area (Å²) in [5.74, 6) is 0.0609. The van der Waals surface area contributed by atoms with E-state index in [1.807, 2.05) is 32.0 Å². The van der Waals surface area contributed by atoms with Crippen LogP contribution in [0.3, 0.4) is 0 Å². The number of pyridine rings is 2. The molecule has 1 aliphatic rings. The van der Waals surface area contributed by atoms with E-state index >= 15 is 0 Å². The maximum absolute atomic E-state index is 13.2. The molecule has 1 fully saturated rings. The molecule has 0 amide bonds. The summed E-state index contributed by atoms with van der Waals surface area (Å²) in [6, 6.07) is 7.10. The van der Waals surface area contributed by atoms with Gasteiger partial charge in [0.05, 0.1) is 17.3 Å². The Balaban J connectivity index is 2.10. The van der Waals surface area contributed by atoms with E-state index in [9.17, 15) is 9.90 Å². The fourth-order valence-electron chi connectivity index (χ4n) is 3.81. The molecule has 1 aliphatic heterocycles. The topological polar surface area (TPSA) is 61.6 Å². The smallest absolute Gasteiger partial charge is 0.259 e. The Hall–Kier alpha value is -2.18. The minimum Gasteiger partial charge on any atom is -0.507 e. The van der Waals surface area contributed by atoms with Gasteiger partial charge in [0.15, 0.2) is 0 Å². The van der Waals surface area contributed by atoms with E-state index < -0.39 is 0 Å². The van der Waals surface area contributed by atoms with Gasteiger partial charge in [0, 0.05) is 44.6 Å². The van der Waals surface area contributed by atoms with Crippen molar-refractivity contribution in [2.45, 2.75) is 33.4 Å². The molecule has 2 aromatic rings. The molecule has 6 nitrogen and oxygen atoms in total. The van der Waals surface area contributed by atoms with E-state index in [1.165, 1.54) is 0 Å². The summed E-state index contributed by atoms with van der Waals surface area (Å²) in [6.45, 7) is 11.2. The Morgan fingerprint density at radius 3 is 2.46 bits per heavy atom. The van der Waals surface area contributed by atoms with Gasteiger partial charge in [-0.05, 0) is 38.6 Å². The third-order valence-electron chi connectivity index (χ3n) is 5.30. The van der Waals surface area contributed by atoms with Crippen LogP contribution in [0.5, 0.6) is 5.75 Å². The quantitative estimate of drug-likeness (QED) is 0.888. The van der Waals surface area contributed by atoms with Crippen LogP contribution in [0.25, 0.3) is 0 Å². The van der Waals surface area contributed by atoms with Crippen LogP contribution in [0.15, 0.2) is 35.3 Å². The van der Waals surface area contributed by atoms with Gasteiger partial charge in [-0.1, -0.05) is 13.0 Å². The number of nitrogens with zero attached hydrogens (tertiary/aromatic N) is 4. The predicted octanol–water partition coefficient (Wildman–Crippen LogP) is 2.00. The van der Waals surface area contributed by atoms with Crippen LogP contribution in [0, 0.1) is 6.92 Å². The van der Waals surface area contributed by atoms with Crippen molar-refractivity contribution in [2.24, 2.45) is 0 Å². The predicted molar refractivity (Wildman–Crippen MR) is 103 cm³/mol. The molecule has 0 aromatic carbocycles. The highest BCUT2D eigenvalue weighted by Gasteiger charge is 2.31. The summed E-state index contributed by atoms with van der Waals surface area (Å²) >= 11 is 0. The van der Waals surface area contributed by atoms with Gasteiger partial charge in [-0.25, -0.2) is 0 Å². The fraction of sp³-hybridized carbons (Fsp3) is 0.500. The van der Waals surface area contributed by atoms with Gasteiger partial charge >= 0.3 is 0 Å². The third kappa shape index (κ3) is 3.52. The molecule has 0 radical (unpaired) electrons. The summed E-state index contributed by atoms with van der Waals surface area (Å²) in [6.07, 6.45) is 1.74. The van der Waals surface area contributed by atoms with E-state index in [0.29, 0.717) is 12.1 Å². The lowest BCUT2D eigenvalue weighted by Crippen LogP contribution is -2.48. The largest absolute Gasteiger partial charge is 0.507 e. The van der Waals surface area contributed by atoms with Crippen LogP contribution in [0.4, 0.5) is 0 Å². The highest BCUT2D eigenvalue weighted by atomic mass is 16.3. The molecule has 1 N–H and O–H groups in total. The first-order chi connectivity index (χ1) is 12.6. The van der Waals surface area contributed by atoms with E-state index in [0.717, 1.165) is 44.1 Å². The van der Waals surface area contributed by atoms with Crippen LogP contribution in [0.2, 0.25) is 0 Å². The van der Waals surface area contributed by atoms with Crippen molar-refractivity contribution >= 4 is 0 Å². The van der Waals surface area contributed by atoms with Crippen LogP contribution in [-0.4, -0.2) is 57.2 Å². The van der Waals surface area contributed by atoms with Crippen molar-refractivity contribution in [1.29, 1.82) is 0 Å². The van der Waals surface area contributed by atoms with Gasteiger partial charge in [0.25, 0.3) is 5.56 Å². The highest BCUT2D eigenvalue weighted by Crippen LogP contribution is 2.32. The zero-order chi connectivity index (χ0) is 18.7. The van der Waals surface area contributed by atoms with Crippen LogP contribution in [-0.2, 0) is 6.54 Å². The molecule has 0 aliphatic carbocycles. The standard InChI is InChI=1S/C20H28N4O2/c1-4-22-10-12-23(13-11-22)19(16-8-6-7-9-21-16)18-17(25)14-15(3)24(5-2)20(18)26/h6-9,14,19,25H,4-5,10-13H2,1-3H3. The summed E-state index contributed by atoms with van der Waals surface area (Å²) in [5, 5.41) is 10.7. The second-order valence-electron chi connectivity index (χ2n) is 6.76. The molecule has 1 saturated heterocycles. The Bertz CT molecular complexity index is 795. The Morgan fingerprint density at radius 2 is 1.88 bits per heavy atom. The fourth-order valence-corrected chi connectivity index (χ4v) is 3.81. The minimum absolute atomic E-state index is 0.0609. The molecule has 2 aromatic heterocycles. The molecule has 26 heavy (non-hydrogen) atoms. The monoisotopic (exact) mass is 356 g/mol. The van der Waals surface area contributed by atoms with Crippen LogP contribution >= 0.6 is 0 Å². The van der Waals surface area contributed by atoms with Crippen molar-refractivity contribution < 1.29 is 5.11 Å². The molecular formula is C20H28N4O2. The maximum atomic E-state index is 13.2. The highest BCUT2D eigenvalue weighted by molar-refractivity contribution is 5.39. The summed E-state index contributed by atoms with van der Waals surface area (Å²) < 4.78 is 1.72. The van der Waals surface area contributed by atoms with Gasteiger partial charge in [-0.2, -0.15) is 0 Å². The van der Waals surface area contributed by atoms with Gasteiger partial charge < -0.3 is 14.6 Å². The SMILES string of the molecule is CCN1CCN(C(c2ccccn2)c2c(O)cc(C)n(CC)c2=O)CC1. The molecule has 6 heteroatoms. The Labute approximate surface area is 154 Å². The first-order valence-corrected chi connectivity index (χ1v) is 9.37. The summed E-state index contributed by atoms with van der Waals surface area (Å²) in [4.78, 5) is 22.3. The molecule has 0 saturated carbocycles. The number of hydrogen-bond acceptors (Lipinski definition) is 5. The average molecular weight is 356 g/mol. The van der Waals surface area contributed by atoms with E-state index in [4.69, 9.17) is 0 Å². The zero-order valence-corrected chi connectivity index (χ0v) is 15.9. The number of aryl methyl sites for hydroxylation is 1. The van der Waals surface area contributed by atoms with Crippen LogP contribution in [0.1, 0.15) is 36.8 Å². The number of hydrogen-bond donors (Lipinski definition) is 1. The van der Waals surface area contributed by atoms with Gasteiger partial charge in [0.1, 0.15) is 5.75 Å². The number of piperazine rings is 1. The first kappa shape index (κ1) is 18.6. The second-order valence-corrected chi connectivity index (χ2v) is 6.76. The number of aromatic hydroxyl groups is 1. The molecule has 3 heterocycles. The molecule has 140 valence electrons. The number of rotatable bonds is 5. The molecule has 0 spiro atoms. The zero-order valence-electron chi connectivity index (χ0n) is 15.9. The van der Waals surface area contributed by atoms with Crippen molar-refractivity contribution in [3.05, 3.63) is 57.8 Å². The molecule has 0 bridgehead atoms. The van der Waals surface area contributed by atoms with E-state index in [-0.39, 0.29) is 17.4 Å². The first-order valence-electron chi connectivity index (χ1n) is 9.37. The minimum atomic E-state index is -0.332. The lowest BCUT2D eigenvalue weighted by atomic mass is 10.00. The van der Waals surface area contributed by atoms with Gasteiger partial charge in [0.2, 0.25) is 0 Å². The Morgan fingerprint density at radius 1 is 1.15 bits per heavy atom. The lowest BCUT2D eigenvalue weighted by molar-refractivity contribution is 0.110. The molecule has 3 rings (SSSR count). The summed E-state index contributed by atoms with van der Waals surface area (Å²) in [7, 11) is 0. The van der Waals surface area contributed by atoms with E-state index in [1.54, 1.807) is 16.8 Å². The Kier molecular flexibility index (Phi) is 5.74. The van der Waals surface area contributed by atoms with Gasteiger partial charge in [-0.15, -0.1) is 0 Å². The van der Waals surface area contributed by atoms with Crippen molar-refractivity contribution in [1.82, 2.24) is 19.4 Å². The number of likely N-dealkylation sites (N-methyl/N-ethyl adjacent to an activating group) is 1. The van der Waals surface area contributed by atoms with Crippen molar-refractivity contribution in [3.63, 3.8) is 0 Å². The van der Waals surface area contributed by atoms with E-state index in [2.05, 4.69) is 21.7 Å². The van der Waals surface area contributed by atoms with Crippen molar-refractivity contribution in [2.75, 3.05) is 32.7 Å². The number of aromatic nitrogens is 2. The maximum Gasteiger partial charge on any atom is 0.259 e. The average Bonchev–Trinajstić information content (AvgIpc) is 2.66. The molecule has 1 atom stereocenters. The lowest BCUT2D eigenvalue weighted by Gasteiger charge is -2.38. The van der Waals surface area contributed by atoms with Crippen LogP contribution < -0.4 is 5.56 Å². The normalized spacial score (nSPS) is 17.3. The summed E-state index contributed by atoms with van der Waals surface area (Å²) in [5.41, 5.74) is 1.88. The molecule has 1 unspecified atom stereocenters. The van der Waals surface area contributed by atoms with Gasteiger partial charge in [-0.3, -0.25) is 14.7 Å². The second kappa shape index (κ2) is 8.01. The molecular weight excluding hydrogens is 328 g/mol.